The minimum Gasteiger partial charge on any atom is -0.352 e. The number of hydrogen-bond donors (Lipinski definition) is 2. The number of benzene rings is 1. The van der Waals surface area contributed by atoms with Gasteiger partial charge in [-0.25, -0.2) is 4.39 Å². The van der Waals surface area contributed by atoms with Crippen molar-refractivity contribution in [2.45, 2.75) is 39.2 Å². The van der Waals surface area contributed by atoms with Crippen molar-refractivity contribution in [2.75, 3.05) is 13.1 Å². The lowest BCUT2D eigenvalue weighted by Crippen LogP contribution is -2.50. The Bertz CT molecular complexity index is 450. The molecule has 1 amide bonds. The first kappa shape index (κ1) is 15.0. The van der Waals surface area contributed by atoms with Crippen LogP contribution >= 0.6 is 0 Å². The van der Waals surface area contributed by atoms with Crippen LogP contribution in [0, 0.1) is 11.2 Å². The Morgan fingerprint density at radius 1 is 1.50 bits per heavy atom. The molecule has 2 rings (SSSR count). The van der Waals surface area contributed by atoms with Gasteiger partial charge in [-0.3, -0.25) is 4.79 Å². The number of amides is 1. The van der Waals surface area contributed by atoms with Gasteiger partial charge in [-0.05, 0) is 43.5 Å². The van der Waals surface area contributed by atoms with Crippen LogP contribution in [-0.2, 0) is 11.3 Å². The van der Waals surface area contributed by atoms with Crippen LogP contribution < -0.4 is 10.6 Å². The molecule has 1 fully saturated rings. The van der Waals surface area contributed by atoms with Gasteiger partial charge in [-0.1, -0.05) is 25.5 Å². The van der Waals surface area contributed by atoms with Crippen molar-refractivity contribution in [1.82, 2.24) is 10.6 Å². The molecule has 0 saturated carbocycles. The van der Waals surface area contributed by atoms with Crippen molar-refractivity contribution in [2.24, 2.45) is 5.41 Å². The number of halogens is 1. The monoisotopic (exact) mass is 278 g/mol. The number of carbonyl (C=O) groups is 1. The highest BCUT2D eigenvalue weighted by Gasteiger charge is 2.38. The summed E-state index contributed by atoms with van der Waals surface area (Å²) in [6, 6.07) is 6.37. The normalized spacial score (nSPS) is 22.5. The Balaban J connectivity index is 1.98. The van der Waals surface area contributed by atoms with Crippen molar-refractivity contribution in [3.8, 4) is 0 Å². The van der Waals surface area contributed by atoms with Gasteiger partial charge in [-0.15, -0.1) is 0 Å². The third kappa shape index (κ3) is 3.57. The van der Waals surface area contributed by atoms with Crippen molar-refractivity contribution in [3.05, 3.63) is 35.6 Å². The molecule has 2 N–H and O–H groups in total. The zero-order chi connectivity index (χ0) is 14.4. The minimum atomic E-state index is -0.291. The first-order valence-electron chi connectivity index (χ1n) is 7.40. The molecule has 0 radical (unpaired) electrons. The van der Waals surface area contributed by atoms with Gasteiger partial charge in [0.15, 0.2) is 0 Å². The molecule has 110 valence electrons. The van der Waals surface area contributed by atoms with E-state index in [0.717, 1.165) is 44.3 Å². The van der Waals surface area contributed by atoms with E-state index in [9.17, 15) is 9.18 Å². The van der Waals surface area contributed by atoms with E-state index in [2.05, 4.69) is 17.6 Å². The highest BCUT2D eigenvalue weighted by atomic mass is 19.1. The van der Waals surface area contributed by atoms with Gasteiger partial charge < -0.3 is 10.6 Å². The summed E-state index contributed by atoms with van der Waals surface area (Å²) in [5.41, 5.74) is 0.508. The van der Waals surface area contributed by atoms with E-state index in [1.165, 1.54) is 12.1 Å². The molecule has 1 atom stereocenters. The molecular weight excluding hydrogens is 255 g/mol. The summed E-state index contributed by atoms with van der Waals surface area (Å²) in [4.78, 5) is 12.5. The molecule has 1 saturated heterocycles. The van der Waals surface area contributed by atoms with Crippen LogP contribution in [0.4, 0.5) is 4.39 Å². The van der Waals surface area contributed by atoms with E-state index in [-0.39, 0.29) is 17.1 Å². The maximum atomic E-state index is 13.1. The molecule has 1 unspecified atom stereocenters. The predicted octanol–water partition coefficient (Wildman–Crippen LogP) is 2.61. The van der Waals surface area contributed by atoms with Crippen LogP contribution in [-0.4, -0.2) is 19.0 Å². The van der Waals surface area contributed by atoms with Crippen LogP contribution in [0.3, 0.4) is 0 Å². The summed E-state index contributed by atoms with van der Waals surface area (Å²) in [5.74, 6) is -0.171. The molecule has 4 heteroatoms. The van der Waals surface area contributed by atoms with Crippen molar-refractivity contribution in [3.63, 3.8) is 0 Å². The molecule has 1 aliphatic heterocycles. The molecule has 20 heavy (non-hydrogen) atoms. The molecule has 3 nitrogen and oxygen atoms in total. The molecule has 0 bridgehead atoms. The van der Waals surface area contributed by atoms with E-state index >= 15 is 0 Å². The Hall–Kier alpha value is -1.42. The summed E-state index contributed by atoms with van der Waals surface area (Å²) in [6.07, 6.45) is 3.86. The fraction of sp³-hybridized carbons (Fsp3) is 0.562. The second kappa shape index (κ2) is 6.84. The fourth-order valence-electron chi connectivity index (χ4n) is 2.98. The van der Waals surface area contributed by atoms with Gasteiger partial charge in [-0.2, -0.15) is 0 Å². The Labute approximate surface area is 120 Å². The standard InChI is InChI=1S/C16H23FN2O/c1-2-7-16(8-4-9-18-12-16)15(20)19-11-13-5-3-6-14(17)10-13/h3,5-6,10,18H,2,4,7-9,11-12H2,1H3,(H,19,20). The SMILES string of the molecule is CCCC1(C(=O)NCc2cccc(F)c2)CCCNC1. The Morgan fingerprint density at radius 2 is 2.35 bits per heavy atom. The predicted molar refractivity (Wildman–Crippen MR) is 77.7 cm³/mol. The van der Waals surface area contributed by atoms with Crippen molar-refractivity contribution in [1.29, 1.82) is 0 Å². The molecule has 0 spiro atoms. The maximum absolute atomic E-state index is 13.1. The largest absolute Gasteiger partial charge is 0.352 e. The maximum Gasteiger partial charge on any atom is 0.227 e. The number of nitrogens with one attached hydrogen (secondary N) is 2. The Kier molecular flexibility index (Phi) is 5.12. The number of rotatable bonds is 5. The lowest BCUT2D eigenvalue weighted by atomic mass is 9.76. The van der Waals surface area contributed by atoms with Gasteiger partial charge in [0.1, 0.15) is 5.82 Å². The van der Waals surface area contributed by atoms with Crippen molar-refractivity contribution >= 4 is 5.91 Å². The summed E-state index contributed by atoms with van der Waals surface area (Å²) in [6.45, 7) is 4.23. The lowest BCUT2D eigenvalue weighted by Gasteiger charge is -2.36. The number of hydrogen-bond acceptors (Lipinski definition) is 2. The lowest BCUT2D eigenvalue weighted by molar-refractivity contribution is -0.132. The molecular formula is C16H23FN2O. The van der Waals surface area contributed by atoms with Gasteiger partial charge in [0.2, 0.25) is 5.91 Å². The van der Waals surface area contributed by atoms with Gasteiger partial charge in [0, 0.05) is 13.1 Å². The van der Waals surface area contributed by atoms with Gasteiger partial charge in [0.05, 0.1) is 5.41 Å². The van der Waals surface area contributed by atoms with E-state index in [1.807, 2.05) is 6.07 Å². The third-order valence-corrected chi connectivity index (χ3v) is 4.02. The Morgan fingerprint density at radius 3 is 3.00 bits per heavy atom. The summed E-state index contributed by atoms with van der Waals surface area (Å²) < 4.78 is 13.1. The highest BCUT2D eigenvalue weighted by molar-refractivity contribution is 5.83. The van der Waals surface area contributed by atoms with Gasteiger partial charge in [0.25, 0.3) is 0 Å². The first-order chi connectivity index (χ1) is 9.66. The molecule has 1 aliphatic rings. The van der Waals surface area contributed by atoms with E-state index in [1.54, 1.807) is 6.07 Å². The summed E-state index contributed by atoms with van der Waals surface area (Å²) in [7, 11) is 0. The summed E-state index contributed by atoms with van der Waals surface area (Å²) >= 11 is 0. The van der Waals surface area contributed by atoms with E-state index < -0.39 is 0 Å². The summed E-state index contributed by atoms with van der Waals surface area (Å²) in [5, 5.41) is 6.30. The van der Waals surface area contributed by atoms with E-state index in [0.29, 0.717) is 6.54 Å². The average Bonchev–Trinajstić information content (AvgIpc) is 2.46. The van der Waals surface area contributed by atoms with Crippen LogP contribution in [0.25, 0.3) is 0 Å². The first-order valence-corrected chi connectivity index (χ1v) is 7.40. The second-order valence-corrected chi connectivity index (χ2v) is 5.62. The average molecular weight is 278 g/mol. The van der Waals surface area contributed by atoms with Crippen LogP contribution in [0.1, 0.15) is 38.2 Å². The molecule has 1 heterocycles. The topological polar surface area (TPSA) is 41.1 Å². The molecule has 1 aromatic carbocycles. The smallest absolute Gasteiger partial charge is 0.227 e. The number of carbonyl (C=O) groups excluding carboxylic acids is 1. The highest BCUT2D eigenvalue weighted by Crippen LogP contribution is 2.31. The zero-order valence-electron chi connectivity index (χ0n) is 12.0. The third-order valence-electron chi connectivity index (χ3n) is 4.02. The molecule has 0 aromatic heterocycles. The fourth-order valence-corrected chi connectivity index (χ4v) is 2.98. The number of piperidine rings is 1. The van der Waals surface area contributed by atoms with E-state index in [4.69, 9.17) is 0 Å². The van der Waals surface area contributed by atoms with Crippen molar-refractivity contribution < 1.29 is 9.18 Å². The molecule has 0 aliphatic carbocycles. The van der Waals surface area contributed by atoms with Gasteiger partial charge >= 0.3 is 0 Å². The van der Waals surface area contributed by atoms with Crippen LogP contribution in [0.5, 0.6) is 0 Å². The minimum absolute atomic E-state index is 0.0933. The second-order valence-electron chi connectivity index (χ2n) is 5.62. The van der Waals surface area contributed by atoms with Crippen LogP contribution in [0.2, 0.25) is 0 Å². The quantitative estimate of drug-likeness (QED) is 0.869. The zero-order valence-corrected chi connectivity index (χ0v) is 12.0. The van der Waals surface area contributed by atoms with Crippen LogP contribution in [0.15, 0.2) is 24.3 Å². The molecule has 1 aromatic rings.